The van der Waals surface area contributed by atoms with E-state index < -0.39 is 0 Å². The Labute approximate surface area is 107 Å². The predicted molar refractivity (Wildman–Crippen MR) is 68.9 cm³/mol. The summed E-state index contributed by atoms with van der Waals surface area (Å²) in [5.74, 6) is 0.744. The van der Waals surface area contributed by atoms with Gasteiger partial charge in [-0.3, -0.25) is 0 Å². The van der Waals surface area contributed by atoms with Gasteiger partial charge in [-0.1, -0.05) is 17.7 Å². The third kappa shape index (κ3) is 2.57. The fourth-order valence-electron chi connectivity index (χ4n) is 2.16. The summed E-state index contributed by atoms with van der Waals surface area (Å²) in [5.41, 5.74) is 1.14. The van der Waals surface area contributed by atoms with Gasteiger partial charge in [0.15, 0.2) is 0 Å². The van der Waals surface area contributed by atoms with Gasteiger partial charge in [0, 0.05) is 19.6 Å². The molecule has 0 saturated heterocycles. The van der Waals surface area contributed by atoms with Crippen LogP contribution in [0.2, 0.25) is 5.02 Å². The van der Waals surface area contributed by atoms with Crippen molar-refractivity contribution in [2.75, 3.05) is 14.2 Å². The zero-order valence-corrected chi connectivity index (χ0v) is 11.1. The lowest BCUT2D eigenvalue weighted by Crippen LogP contribution is -2.60. The van der Waals surface area contributed by atoms with Crippen molar-refractivity contribution in [2.24, 2.45) is 0 Å². The topological polar surface area (TPSA) is 30.5 Å². The number of aryl methyl sites for hydroxylation is 1. The molecule has 17 heavy (non-hydrogen) atoms. The molecule has 1 aromatic carbocycles. The average molecular weight is 256 g/mol. The lowest BCUT2D eigenvalue weighted by Gasteiger charge is -2.43. The zero-order chi connectivity index (χ0) is 12.4. The molecule has 3 unspecified atom stereocenters. The van der Waals surface area contributed by atoms with Crippen LogP contribution in [0.15, 0.2) is 18.2 Å². The van der Waals surface area contributed by atoms with Gasteiger partial charge in [0.2, 0.25) is 0 Å². The molecule has 94 valence electrons. The fourth-order valence-corrected chi connectivity index (χ4v) is 2.32. The van der Waals surface area contributed by atoms with Crippen LogP contribution in [0.1, 0.15) is 12.0 Å². The molecule has 0 radical (unpaired) electrons. The van der Waals surface area contributed by atoms with Gasteiger partial charge < -0.3 is 14.8 Å². The normalized spacial score (nSPS) is 27.6. The van der Waals surface area contributed by atoms with Gasteiger partial charge in [-0.05, 0) is 31.7 Å². The molecule has 0 heterocycles. The number of halogens is 1. The van der Waals surface area contributed by atoms with E-state index in [1.54, 1.807) is 7.11 Å². The number of hydrogen-bond donors (Lipinski definition) is 1. The number of likely N-dealkylation sites (N-methyl/N-ethyl adjacent to an activating group) is 1. The molecule has 4 heteroatoms. The lowest BCUT2D eigenvalue weighted by molar-refractivity contribution is -0.0869. The van der Waals surface area contributed by atoms with Crippen molar-refractivity contribution in [1.82, 2.24) is 5.32 Å². The van der Waals surface area contributed by atoms with Crippen LogP contribution in [0.3, 0.4) is 0 Å². The maximum atomic E-state index is 6.10. The van der Waals surface area contributed by atoms with Crippen molar-refractivity contribution in [1.29, 1.82) is 0 Å². The number of nitrogens with one attached hydrogen (secondary N) is 1. The molecule has 3 atom stereocenters. The molecule has 1 aliphatic rings. The van der Waals surface area contributed by atoms with E-state index in [-0.39, 0.29) is 12.2 Å². The van der Waals surface area contributed by atoms with E-state index in [1.165, 1.54) is 0 Å². The summed E-state index contributed by atoms with van der Waals surface area (Å²) in [6.45, 7) is 2.02. The number of benzene rings is 1. The first-order chi connectivity index (χ1) is 8.15. The summed E-state index contributed by atoms with van der Waals surface area (Å²) in [6.07, 6.45) is 1.12. The van der Waals surface area contributed by atoms with E-state index in [9.17, 15) is 0 Å². The van der Waals surface area contributed by atoms with Crippen molar-refractivity contribution in [2.45, 2.75) is 31.6 Å². The monoisotopic (exact) mass is 255 g/mol. The highest BCUT2D eigenvalue weighted by atomic mass is 35.5. The van der Waals surface area contributed by atoms with Crippen LogP contribution in [-0.2, 0) is 4.74 Å². The summed E-state index contributed by atoms with van der Waals surface area (Å²) in [7, 11) is 3.65. The van der Waals surface area contributed by atoms with Gasteiger partial charge in [0.25, 0.3) is 0 Å². The smallest absolute Gasteiger partial charge is 0.138 e. The number of rotatable bonds is 4. The van der Waals surface area contributed by atoms with Gasteiger partial charge in [-0.15, -0.1) is 0 Å². The molecule has 0 aliphatic heterocycles. The van der Waals surface area contributed by atoms with Crippen LogP contribution in [-0.4, -0.2) is 32.4 Å². The van der Waals surface area contributed by atoms with Crippen LogP contribution in [0.25, 0.3) is 0 Å². The van der Waals surface area contributed by atoms with E-state index in [0.29, 0.717) is 11.1 Å². The van der Waals surface area contributed by atoms with Gasteiger partial charge in [-0.2, -0.15) is 0 Å². The molecule has 1 aliphatic carbocycles. The summed E-state index contributed by atoms with van der Waals surface area (Å²) in [4.78, 5) is 0. The minimum atomic E-state index is 0.0803. The van der Waals surface area contributed by atoms with E-state index in [0.717, 1.165) is 17.7 Å². The quantitative estimate of drug-likeness (QED) is 0.896. The van der Waals surface area contributed by atoms with E-state index in [4.69, 9.17) is 21.1 Å². The molecule has 1 aromatic rings. The Balaban J connectivity index is 2.04. The Morgan fingerprint density at radius 3 is 2.82 bits per heavy atom. The Morgan fingerprint density at radius 1 is 1.41 bits per heavy atom. The minimum Gasteiger partial charge on any atom is -0.486 e. The predicted octanol–water partition coefficient (Wildman–Crippen LogP) is 2.40. The van der Waals surface area contributed by atoms with Crippen molar-refractivity contribution >= 4 is 11.6 Å². The first-order valence-electron chi connectivity index (χ1n) is 5.78. The fraction of sp³-hybridized carbons (Fsp3) is 0.538. The summed E-state index contributed by atoms with van der Waals surface area (Å²) >= 11 is 6.10. The largest absolute Gasteiger partial charge is 0.486 e. The van der Waals surface area contributed by atoms with Gasteiger partial charge >= 0.3 is 0 Å². The summed E-state index contributed by atoms with van der Waals surface area (Å²) in [5, 5.41) is 3.86. The third-order valence-corrected chi connectivity index (χ3v) is 3.57. The molecule has 2 rings (SSSR count). The molecule has 1 saturated carbocycles. The third-order valence-electron chi connectivity index (χ3n) is 3.26. The number of hydrogen-bond acceptors (Lipinski definition) is 3. The van der Waals surface area contributed by atoms with Gasteiger partial charge in [-0.25, -0.2) is 0 Å². The van der Waals surface area contributed by atoms with Crippen LogP contribution in [0, 0.1) is 6.92 Å². The highest BCUT2D eigenvalue weighted by molar-refractivity contribution is 6.32. The average Bonchev–Trinajstić information content (AvgIpc) is 2.28. The zero-order valence-electron chi connectivity index (χ0n) is 10.4. The molecular weight excluding hydrogens is 238 g/mol. The van der Waals surface area contributed by atoms with Crippen molar-refractivity contribution < 1.29 is 9.47 Å². The second-order valence-corrected chi connectivity index (χ2v) is 4.83. The second-order valence-electron chi connectivity index (χ2n) is 4.42. The Bertz CT molecular complexity index is 397. The van der Waals surface area contributed by atoms with Crippen LogP contribution in [0.4, 0.5) is 0 Å². The highest BCUT2D eigenvalue weighted by Gasteiger charge is 2.42. The second kappa shape index (κ2) is 5.25. The van der Waals surface area contributed by atoms with Crippen molar-refractivity contribution in [3.8, 4) is 5.75 Å². The Morgan fingerprint density at radius 2 is 2.18 bits per heavy atom. The number of ether oxygens (including phenoxy) is 2. The SMILES string of the molecule is CNC1CC(Oc2cc(C)ccc2Cl)C1OC. The summed E-state index contributed by atoms with van der Waals surface area (Å²) < 4.78 is 11.3. The molecule has 3 nitrogen and oxygen atoms in total. The molecule has 0 spiro atoms. The van der Waals surface area contributed by atoms with Crippen LogP contribution >= 0.6 is 11.6 Å². The summed E-state index contributed by atoms with van der Waals surface area (Å²) in [6, 6.07) is 6.16. The van der Waals surface area contributed by atoms with Crippen molar-refractivity contribution in [3.05, 3.63) is 28.8 Å². The molecule has 0 bridgehead atoms. The highest BCUT2D eigenvalue weighted by Crippen LogP contribution is 2.32. The van der Waals surface area contributed by atoms with Crippen LogP contribution in [0.5, 0.6) is 5.75 Å². The van der Waals surface area contributed by atoms with E-state index in [1.807, 2.05) is 32.2 Å². The minimum absolute atomic E-state index is 0.0803. The molecule has 0 amide bonds. The van der Waals surface area contributed by atoms with Crippen molar-refractivity contribution in [3.63, 3.8) is 0 Å². The molecule has 1 fully saturated rings. The number of methoxy groups -OCH3 is 1. The standard InChI is InChI=1S/C13H18ClNO2/c1-8-4-5-9(14)11(6-8)17-12-7-10(15-2)13(12)16-3/h4-6,10,12-13,15H,7H2,1-3H3. The maximum Gasteiger partial charge on any atom is 0.138 e. The van der Waals surface area contributed by atoms with Crippen LogP contribution < -0.4 is 10.1 Å². The first-order valence-corrected chi connectivity index (χ1v) is 6.16. The van der Waals surface area contributed by atoms with E-state index in [2.05, 4.69) is 5.32 Å². The molecule has 1 N–H and O–H groups in total. The molecular formula is C13H18ClNO2. The van der Waals surface area contributed by atoms with Gasteiger partial charge in [0.1, 0.15) is 18.0 Å². The Hall–Kier alpha value is -0.770. The first kappa shape index (κ1) is 12.7. The molecule has 0 aromatic heterocycles. The lowest BCUT2D eigenvalue weighted by atomic mass is 9.85. The van der Waals surface area contributed by atoms with Gasteiger partial charge in [0.05, 0.1) is 5.02 Å². The Kier molecular flexibility index (Phi) is 3.92. The van der Waals surface area contributed by atoms with E-state index >= 15 is 0 Å². The maximum absolute atomic E-state index is 6.10.